The molecule has 0 radical (unpaired) electrons. The fourth-order valence-electron chi connectivity index (χ4n) is 2.06. The van der Waals surface area contributed by atoms with Gasteiger partial charge in [0.05, 0.1) is 12.0 Å². The monoisotopic (exact) mass is 245 g/mol. The molecule has 2 rings (SSSR count). The SMILES string of the molecule is O=C(O)CC1Cc2c(cccc2C(F)(F)F)N1. The Morgan fingerprint density at radius 2 is 2.18 bits per heavy atom. The average molecular weight is 245 g/mol. The van der Waals surface area contributed by atoms with Crippen molar-refractivity contribution in [2.24, 2.45) is 0 Å². The summed E-state index contributed by atoms with van der Waals surface area (Å²) in [7, 11) is 0. The second kappa shape index (κ2) is 3.94. The van der Waals surface area contributed by atoms with Crippen LogP contribution in [-0.2, 0) is 17.4 Å². The molecule has 1 atom stereocenters. The van der Waals surface area contributed by atoms with E-state index in [1.807, 2.05) is 0 Å². The molecule has 0 spiro atoms. The summed E-state index contributed by atoms with van der Waals surface area (Å²) in [5, 5.41) is 11.4. The van der Waals surface area contributed by atoms with Gasteiger partial charge in [-0.3, -0.25) is 4.79 Å². The number of anilines is 1. The van der Waals surface area contributed by atoms with Crippen molar-refractivity contribution in [3.05, 3.63) is 29.3 Å². The number of fused-ring (bicyclic) bond motifs is 1. The van der Waals surface area contributed by atoms with Crippen molar-refractivity contribution in [3.63, 3.8) is 0 Å². The topological polar surface area (TPSA) is 49.3 Å². The molecular formula is C11H10F3NO2. The first-order valence-corrected chi connectivity index (χ1v) is 5.05. The van der Waals surface area contributed by atoms with Gasteiger partial charge in [0, 0.05) is 11.7 Å². The maximum atomic E-state index is 12.7. The molecule has 1 aliphatic heterocycles. The van der Waals surface area contributed by atoms with Crippen LogP contribution in [0.25, 0.3) is 0 Å². The Kier molecular flexibility index (Phi) is 2.73. The third-order valence-corrected chi connectivity index (χ3v) is 2.71. The third-order valence-electron chi connectivity index (χ3n) is 2.71. The van der Waals surface area contributed by atoms with E-state index >= 15 is 0 Å². The Hall–Kier alpha value is -1.72. The minimum atomic E-state index is -4.40. The summed E-state index contributed by atoms with van der Waals surface area (Å²) in [6.45, 7) is 0. The summed E-state index contributed by atoms with van der Waals surface area (Å²) in [6.07, 6.45) is -4.49. The number of carbonyl (C=O) groups is 1. The van der Waals surface area contributed by atoms with E-state index in [1.54, 1.807) is 0 Å². The van der Waals surface area contributed by atoms with Crippen molar-refractivity contribution in [3.8, 4) is 0 Å². The number of carboxylic acid groups (broad SMARTS) is 1. The second-order valence-corrected chi connectivity index (χ2v) is 3.97. The van der Waals surface area contributed by atoms with Crippen LogP contribution in [0.4, 0.5) is 18.9 Å². The van der Waals surface area contributed by atoms with E-state index in [2.05, 4.69) is 5.32 Å². The van der Waals surface area contributed by atoms with Gasteiger partial charge in [-0.1, -0.05) is 6.07 Å². The standard InChI is InChI=1S/C11H10F3NO2/c12-11(13,14)8-2-1-3-9-7(8)4-6(15-9)5-10(16)17/h1-3,6,15H,4-5H2,(H,16,17). The fourth-order valence-corrected chi connectivity index (χ4v) is 2.06. The van der Waals surface area contributed by atoms with Gasteiger partial charge in [-0.25, -0.2) is 0 Å². The van der Waals surface area contributed by atoms with Crippen LogP contribution in [-0.4, -0.2) is 17.1 Å². The first-order chi connectivity index (χ1) is 7.88. The lowest BCUT2D eigenvalue weighted by Crippen LogP contribution is -2.19. The predicted octanol–water partition coefficient (Wildman–Crippen LogP) is 2.52. The van der Waals surface area contributed by atoms with Crippen molar-refractivity contribution >= 4 is 11.7 Å². The molecule has 1 heterocycles. The number of benzene rings is 1. The summed E-state index contributed by atoms with van der Waals surface area (Å²) in [5.74, 6) is -1.02. The van der Waals surface area contributed by atoms with E-state index < -0.39 is 23.8 Å². The number of hydrogen-bond acceptors (Lipinski definition) is 2. The quantitative estimate of drug-likeness (QED) is 0.841. The number of aliphatic carboxylic acids is 1. The van der Waals surface area contributed by atoms with E-state index in [9.17, 15) is 18.0 Å². The number of alkyl halides is 3. The highest BCUT2D eigenvalue weighted by atomic mass is 19.4. The Balaban J connectivity index is 2.29. The highest BCUT2D eigenvalue weighted by Gasteiger charge is 2.37. The van der Waals surface area contributed by atoms with Gasteiger partial charge in [0.2, 0.25) is 0 Å². The first kappa shape index (κ1) is 11.8. The molecule has 2 N–H and O–H groups in total. The van der Waals surface area contributed by atoms with Gasteiger partial charge in [-0.15, -0.1) is 0 Å². The zero-order chi connectivity index (χ0) is 12.6. The Labute approximate surface area is 95.3 Å². The van der Waals surface area contributed by atoms with Crippen molar-refractivity contribution in [1.82, 2.24) is 0 Å². The van der Waals surface area contributed by atoms with E-state index in [1.165, 1.54) is 12.1 Å². The zero-order valence-electron chi connectivity index (χ0n) is 8.71. The van der Waals surface area contributed by atoms with Crippen molar-refractivity contribution in [1.29, 1.82) is 0 Å². The average Bonchev–Trinajstić information content (AvgIpc) is 2.55. The van der Waals surface area contributed by atoms with E-state index in [0.29, 0.717) is 5.69 Å². The van der Waals surface area contributed by atoms with Crippen molar-refractivity contribution in [2.75, 3.05) is 5.32 Å². The van der Waals surface area contributed by atoms with Crippen LogP contribution in [0.2, 0.25) is 0 Å². The van der Waals surface area contributed by atoms with Crippen molar-refractivity contribution < 1.29 is 23.1 Å². The van der Waals surface area contributed by atoms with Crippen LogP contribution in [0.15, 0.2) is 18.2 Å². The molecule has 0 aliphatic carbocycles. The molecule has 92 valence electrons. The van der Waals surface area contributed by atoms with Gasteiger partial charge >= 0.3 is 12.1 Å². The number of nitrogens with one attached hydrogen (secondary N) is 1. The Bertz CT molecular complexity index is 457. The second-order valence-electron chi connectivity index (χ2n) is 3.97. The number of rotatable bonds is 2. The molecule has 0 bridgehead atoms. The summed E-state index contributed by atoms with van der Waals surface area (Å²) < 4.78 is 38.1. The zero-order valence-corrected chi connectivity index (χ0v) is 8.71. The van der Waals surface area contributed by atoms with Crippen LogP contribution in [0.3, 0.4) is 0 Å². The lowest BCUT2D eigenvalue weighted by Gasteiger charge is -2.10. The molecule has 1 aromatic rings. The lowest BCUT2D eigenvalue weighted by molar-refractivity contribution is -0.138. The van der Waals surface area contributed by atoms with Gasteiger partial charge in [0.1, 0.15) is 0 Å². The van der Waals surface area contributed by atoms with Crippen LogP contribution in [0, 0.1) is 0 Å². The first-order valence-electron chi connectivity index (χ1n) is 5.05. The predicted molar refractivity (Wildman–Crippen MR) is 54.8 cm³/mol. The molecule has 1 unspecified atom stereocenters. The molecule has 1 aromatic carbocycles. The molecular weight excluding hydrogens is 235 g/mol. The van der Waals surface area contributed by atoms with Gasteiger partial charge < -0.3 is 10.4 Å². The van der Waals surface area contributed by atoms with Gasteiger partial charge in [0.15, 0.2) is 0 Å². The summed E-state index contributed by atoms with van der Waals surface area (Å²) in [5.41, 5.74) is -0.146. The van der Waals surface area contributed by atoms with E-state index in [4.69, 9.17) is 5.11 Å². The lowest BCUT2D eigenvalue weighted by atomic mass is 10.0. The van der Waals surface area contributed by atoms with Gasteiger partial charge in [-0.05, 0) is 24.1 Å². The van der Waals surface area contributed by atoms with Gasteiger partial charge in [0.25, 0.3) is 0 Å². The molecule has 0 fully saturated rings. The van der Waals surface area contributed by atoms with E-state index in [-0.39, 0.29) is 18.4 Å². The third kappa shape index (κ3) is 2.35. The highest BCUT2D eigenvalue weighted by Crippen LogP contribution is 2.38. The molecule has 6 heteroatoms. The summed E-state index contributed by atoms with van der Waals surface area (Å²) >= 11 is 0. The molecule has 1 aliphatic rings. The molecule has 0 amide bonds. The molecule has 0 saturated heterocycles. The Morgan fingerprint density at radius 1 is 1.47 bits per heavy atom. The number of halogens is 3. The van der Waals surface area contributed by atoms with E-state index in [0.717, 1.165) is 6.07 Å². The van der Waals surface area contributed by atoms with Crippen LogP contribution in [0.5, 0.6) is 0 Å². The fraction of sp³-hybridized carbons (Fsp3) is 0.364. The van der Waals surface area contributed by atoms with Crippen LogP contribution in [0.1, 0.15) is 17.5 Å². The van der Waals surface area contributed by atoms with Gasteiger partial charge in [-0.2, -0.15) is 13.2 Å². The number of hydrogen-bond donors (Lipinski definition) is 2. The highest BCUT2D eigenvalue weighted by molar-refractivity contribution is 5.70. The van der Waals surface area contributed by atoms with Crippen LogP contribution >= 0.6 is 0 Å². The van der Waals surface area contributed by atoms with Crippen LogP contribution < -0.4 is 5.32 Å². The molecule has 3 nitrogen and oxygen atoms in total. The van der Waals surface area contributed by atoms with Crippen molar-refractivity contribution in [2.45, 2.75) is 25.1 Å². The minimum absolute atomic E-state index is 0.0946. The minimum Gasteiger partial charge on any atom is -0.481 e. The molecule has 17 heavy (non-hydrogen) atoms. The molecule has 0 saturated carbocycles. The Morgan fingerprint density at radius 3 is 2.76 bits per heavy atom. The smallest absolute Gasteiger partial charge is 0.416 e. The maximum Gasteiger partial charge on any atom is 0.416 e. The molecule has 0 aromatic heterocycles. The number of carboxylic acids is 1. The summed E-state index contributed by atoms with van der Waals surface area (Å²) in [6, 6.07) is 3.40. The largest absolute Gasteiger partial charge is 0.481 e. The maximum absolute atomic E-state index is 12.7. The summed E-state index contributed by atoms with van der Waals surface area (Å²) in [4.78, 5) is 10.5. The normalized spacial score (nSPS) is 18.6.